The number of carbonyl (C=O) groups is 1. The molecule has 1 unspecified atom stereocenters. The third-order valence-electron chi connectivity index (χ3n) is 5.23. The smallest absolute Gasteiger partial charge is 0.251 e. The minimum Gasteiger partial charge on any atom is -0.350 e. The number of carbonyl (C=O) groups excluding carboxylic acids is 1. The molecule has 0 radical (unpaired) electrons. The lowest BCUT2D eigenvalue weighted by Gasteiger charge is -2.29. The van der Waals surface area contributed by atoms with Gasteiger partial charge < -0.3 is 5.32 Å². The fourth-order valence-electron chi connectivity index (χ4n) is 3.74. The Labute approximate surface area is 171 Å². The van der Waals surface area contributed by atoms with Crippen LogP contribution < -0.4 is 9.62 Å². The van der Waals surface area contributed by atoms with Gasteiger partial charge in [0.05, 0.1) is 18.0 Å². The van der Waals surface area contributed by atoms with Crippen LogP contribution in [0, 0.1) is 0 Å². The zero-order chi connectivity index (χ0) is 20.3. The van der Waals surface area contributed by atoms with Crippen LogP contribution in [-0.2, 0) is 16.4 Å². The Kier molecular flexibility index (Phi) is 6.42. The van der Waals surface area contributed by atoms with Crippen LogP contribution in [0.15, 0.2) is 35.0 Å². The summed E-state index contributed by atoms with van der Waals surface area (Å²) < 4.78 is 25.1. The summed E-state index contributed by atoms with van der Waals surface area (Å²) in [4.78, 5) is 15.1. The van der Waals surface area contributed by atoms with Gasteiger partial charge in [0.2, 0.25) is 10.0 Å². The Morgan fingerprint density at radius 3 is 2.64 bits per heavy atom. The summed E-state index contributed by atoms with van der Waals surface area (Å²) >= 11 is 1.66. The Balaban J connectivity index is 1.73. The molecule has 1 aliphatic rings. The van der Waals surface area contributed by atoms with Gasteiger partial charge in [-0.05, 0) is 65.7 Å². The molecule has 0 saturated heterocycles. The molecule has 1 aliphatic heterocycles. The number of benzene rings is 1. The van der Waals surface area contributed by atoms with Gasteiger partial charge in [-0.1, -0.05) is 13.8 Å². The number of amides is 1. The van der Waals surface area contributed by atoms with Gasteiger partial charge >= 0.3 is 0 Å². The molecular formula is C20H27N3O3S2. The predicted octanol–water partition coefficient (Wildman–Crippen LogP) is 2.88. The summed E-state index contributed by atoms with van der Waals surface area (Å²) in [6.45, 7) is 7.03. The van der Waals surface area contributed by atoms with Gasteiger partial charge in [-0.15, -0.1) is 0 Å². The van der Waals surface area contributed by atoms with Crippen molar-refractivity contribution in [1.29, 1.82) is 0 Å². The van der Waals surface area contributed by atoms with Crippen molar-refractivity contribution in [2.75, 3.05) is 36.7 Å². The molecule has 0 bridgehead atoms. The van der Waals surface area contributed by atoms with Crippen LogP contribution in [0.5, 0.6) is 0 Å². The molecule has 0 aliphatic carbocycles. The highest BCUT2D eigenvalue weighted by molar-refractivity contribution is 7.92. The van der Waals surface area contributed by atoms with E-state index in [9.17, 15) is 13.2 Å². The molecule has 0 fully saturated rings. The topological polar surface area (TPSA) is 69.7 Å². The highest BCUT2D eigenvalue weighted by atomic mass is 32.2. The molecule has 1 amide bonds. The first-order chi connectivity index (χ1) is 13.3. The number of hydrogen-bond donors (Lipinski definition) is 1. The molecule has 1 aromatic carbocycles. The highest BCUT2D eigenvalue weighted by Gasteiger charge is 2.27. The normalized spacial score (nSPS) is 14.9. The molecular weight excluding hydrogens is 394 g/mol. The molecule has 0 spiro atoms. The maximum atomic E-state index is 12.7. The lowest BCUT2D eigenvalue weighted by molar-refractivity contribution is 0.0935. The number of rotatable bonds is 8. The minimum absolute atomic E-state index is 0.131. The average molecular weight is 422 g/mol. The third-order valence-corrected chi connectivity index (χ3v) is 7.11. The van der Waals surface area contributed by atoms with E-state index < -0.39 is 10.0 Å². The Morgan fingerprint density at radius 1 is 1.29 bits per heavy atom. The van der Waals surface area contributed by atoms with Crippen molar-refractivity contribution < 1.29 is 13.2 Å². The van der Waals surface area contributed by atoms with E-state index in [0.717, 1.165) is 18.7 Å². The average Bonchev–Trinajstić information content (AvgIpc) is 3.33. The van der Waals surface area contributed by atoms with E-state index in [4.69, 9.17) is 0 Å². The maximum absolute atomic E-state index is 12.7. The van der Waals surface area contributed by atoms with Crippen LogP contribution in [0.4, 0.5) is 5.69 Å². The van der Waals surface area contributed by atoms with E-state index >= 15 is 0 Å². The summed E-state index contributed by atoms with van der Waals surface area (Å²) in [6.07, 6.45) is 1.83. The van der Waals surface area contributed by atoms with E-state index in [1.54, 1.807) is 23.5 Å². The van der Waals surface area contributed by atoms with Crippen LogP contribution in [-0.4, -0.2) is 51.7 Å². The molecule has 1 aromatic heterocycles. The number of anilines is 1. The van der Waals surface area contributed by atoms with Crippen molar-refractivity contribution in [3.8, 4) is 0 Å². The standard InChI is InChI=1S/C20H27N3O3S2/c1-4-22(5-2)19(17-9-11-27-14-17)13-21-20(24)16-6-7-18-15(12-16)8-10-23(18)28(3,25)26/h6-7,9,11-12,14,19H,4-5,8,10,13H2,1-3H3,(H,21,24). The van der Waals surface area contributed by atoms with E-state index in [0.29, 0.717) is 30.8 Å². The Morgan fingerprint density at radius 2 is 2.04 bits per heavy atom. The fraction of sp³-hybridized carbons (Fsp3) is 0.450. The van der Waals surface area contributed by atoms with Gasteiger partial charge in [0.25, 0.3) is 5.91 Å². The number of nitrogens with one attached hydrogen (secondary N) is 1. The highest BCUT2D eigenvalue weighted by Crippen LogP contribution is 2.30. The SMILES string of the molecule is CCN(CC)C(CNC(=O)c1ccc2c(c1)CCN2S(C)(=O)=O)c1ccsc1. The van der Waals surface area contributed by atoms with E-state index in [-0.39, 0.29) is 11.9 Å². The number of hydrogen-bond acceptors (Lipinski definition) is 5. The molecule has 6 nitrogen and oxygen atoms in total. The van der Waals surface area contributed by atoms with E-state index in [1.807, 2.05) is 6.07 Å². The first-order valence-corrected chi connectivity index (χ1v) is 12.3. The monoisotopic (exact) mass is 421 g/mol. The summed E-state index contributed by atoms with van der Waals surface area (Å²) in [6, 6.07) is 7.50. The second kappa shape index (κ2) is 8.63. The van der Waals surface area contributed by atoms with Gasteiger partial charge in [-0.25, -0.2) is 8.42 Å². The summed E-state index contributed by atoms with van der Waals surface area (Å²) in [5.74, 6) is -0.131. The van der Waals surface area contributed by atoms with Gasteiger partial charge in [-0.3, -0.25) is 14.0 Å². The minimum atomic E-state index is -3.28. The number of nitrogens with zero attached hydrogens (tertiary/aromatic N) is 2. The zero-order valence-electron chi connectivity index (χ0n) is 16.5. The Hall–Kier alpha value is -1.90. The largest absolute Gasteiger partial charge is 0.350 e. The van der Waals surface area contributed by atoms with E-state index in [2.05, 4.69) is 40.9 Å². The predicted molar refractivity (Wildman–Crippen MR) is 115 cm³/mol. The van der Waals surface area contributed by atoms with Crippen molar-refractivity contribution in [1.82, 2.24) is 10.2 Å². The zero-order valence-corrected chi connectivity index (χ0v) is 18.1. The van der Waals surface area contributed by atoms with E-state index in [1.165, 1.54) is 16.1 Å². The van der Waals surface area contributed by atoms with Crippen molar-refractivity contribution in [2.45, 2.75) is 26.3 Å². The molecule has 28 heavy (non-hydrogen) atoms. The summed E-state index contributed by atoms with van der Waals surface area (Å²) in [5, 5.41) is 7.25. The molecule has 2 aromatic rings. The molecule has 8 heteroatoms. The van der Waals surface area contributed by atoms with Gasteiger partial charge in [0.1, 0.15) is 0 Å². The number of fused-ring (bicyclic) bond motifs is 1. The van der Waals surface area contributed by atoms with Crippen LogP contribution in [0.2, 0.25) is 0 Å². The number of thiophene rings is 1. The molecule has 1 N–H and O–H groups in total. The van der Waals surface area contributed by atoms with Gasteiger partial charge in [-0.2, -0.15) is 11.3 Å². The second-order valence-corrected chi connectivity index (χ2v) is 9.62. The summed E-state index contributed by atoms with van der Waals surface area (Å²) in [7, 11) is -3.28. The van der Waals surface area contributed by atoms with Crippen LogP contribution in [0.3, 0.4) is 0 Å². The second-order valence-electron chi connectivity index (χ2n) is 6.93. The molecule has 0 saturated carbocycles. The fourth-order valence-corrected chi connectivity index (χ4v) is 5.40. The molecule has 152 valence electrons. The summed E-state index contributed by atoms with van der Waals surface area (Å²) in [5.41, 5.74) is 3.36. The molecule has 3 rings (SSSR count). The maximum Gasteiger partial charge on any atom is 0.251 e. The number of sulfonamides is 1. The molecule has 1 atom stereocenters. The van der Waals surface area contributed by atoms with Crippen molar-refractivity contribution in [2.24, 2.45) is 0 Å². The van der Waals surface area contributed by atoms with Gasteiger partial charge in [0, 0.05) is 18.7 Å². The van der Waals surface area contributed by atoms with Crippen molar-refractivity contribution in [3.63, 3.8) is 0 Å². The first kappa shape index (κ1) is 20.8. The van der Waals surface area contributed by atoms with Crippen molar-refractivity contribution >= 4 is 33.0 Å². The Bertz CT molecular complexity index is 922. The quantitative estimate of drug-likeness (QED) is 0.712. The lowest BCUT2D eigenvalue weighted by Crippen LogP contribution is -2.37. The van der Waals surface area contributed by atoms with Gasteiger partial charge in [0.15, 0.2) is 0 Å². The van der Waals surface area contributed by atoms with Crippen molar-refractivity contribution in [3.05, 3.63) is 51.7 Å². The number of likely N-dealkylation sites (N-methyl/N-ethyl adjacent to an activating group) is 1. The lowest BCUT2D eigenvalue weighted by atomic mass is 10.1. The molecule has 2 heterocycles. The third kappa shape index (κ3) is 4.39. The van der Waals surface area contributed by atoms with Crippen LogP contribution in [0.1, 0.15) is 41.4 Å². The first-order valence-electron chi connectivity index (χ1n) is 9.50. The van der Waals surface area contributed by atoms with Crippen LogP contribution >= 0.6 is 11.3 Å². The van der Waals surface area contributed by atoms with Crippen LogP contribution in [0.25, 0.3) is 0 Å².